The van der Waals surface area contributed by atoms with Gasteiger partial charge in [-0.2, -0.15) is 0 Å². The monoisotopic (exact) mass is 381 g/mol. The maximum Gasteiger partial charge on any atom is 0.346 e. The molecule has 136 valence electrons. The highest BCUT2D eigenvalue weighted by Crippen LogP contribution is 2.32. The van der Waals surface area contributed by atoms with E-state index in [-0.39, 0.29) is 5.75 Å². The van der Waals surface area contributed by atoms with Crippen molar-refractivity contribution in [3.8, 4) is 22.1 Å². The van der Waals surface area contributed by atoms with Gasteiger partial charge in [0.15, 0.2) is 5.01 Å². The number of phenolic OH excluding ortho intramolecular Hbond substituents is 1. The number of fused-ring (bicyclic) bond motifs is 1. The van der Waals surface area contributed by atoms with Crippen molar-refractivity contribution < 1.29 is 14.3 Å². The van der Waals surface area contributed by atoms with Gasteiger partial charge >= 0.3 is 5.63 Å². The fourth-order valence-corrected chi connectivity index (χ4v) is 3.36. The smallest absolute Gasteiger partial charge is 0.346 e. The molecule has 7 nitrogen and oxygen atoms in total. The minimum atomic E-state index is -0.537. The Balaban J connectivity index is 1.67. The summed E-state index contributed by atoms with van der Waals surface area (Å²) in [5.74, 6) is 0.746. The second-order valence-electron chi connectivity index (χ2n) is 5.64. The van der Waals surface area contributed by atoms with Gasteiger partial charge in [0.25, 0.3) is 0 Å². The Morgan fingerprint density at radius 1 is 1.19 bits per heavy atom. The summed E-state index contributed by atoms with van der Waals surface area (Å²) in [6, 6.07) is 13.8. The first-order valence-electron chi connectivity index (χ1n) is 8.23. The molecule has 0 saturated heterocycles. The van der Waals surface area contributed by atoms with E-state index in [1.165, 1.54) is 23.5 Å². The van der Waals surface area contributed by atoms with Gasteiger partial charge in [-0.15, -0.1) is 10.2 Å². The van der Waals surface area contributed by atoms with Gasteiger partial charge in [0.05, 0.1) is 17.9 Å². The number of anilines is 2. The molecular formula is C19H15N3O4S. The number of phenols is 1. The van der Waals surface area contributed by atoms with Crippen LogP contribution in [0.5, 0.6) is 11.5 Å². The minimum Gasteiger partial charge on any atom is -0.508 e. The zero-order chi connectivity index (χ0) is 18.8. The van der Waals surface area contributed by atoms with Gasteiger partial charge in [0.2, 0.25) is 5.13 Å². The van der Waals surface area contributed by atoms with Gasteiger partial charge in [-0.25, -0.2) is 4.79 Å². The molecule has 2 N–H and O–H groups in total. The van der Waals surface area contributed by atoms with E-state index < -0.39 is 5.63 Å². The van der Waals surface area contributed by atoms with Crippen molar-refractivity contribution in [3.05, 3.63) is 59.0 Å². The molecule has 0 spiro atoms. The van der Waals surface area contributed by atoms with E-state index in [1.807, 2.05) is 31.2 Å². The van der Waals surface area contributed by atoms with E-state index in [9.17, 15) is 9.90 Å². The van der Waals surface area contributed by atoms with Crippen LogP contribution in [0.4, 0.5) is 10.8 Å². The number of aromatic nitrogens is 2. The van der Waals surface area contributed by atoms with Gasteiger partial charge in [-0.1, -0.05) is 23.5 Å². The molecule has 2 aromatic carbocycles. The molecule has 0 aliphatic heterocycles. The topological polar surface area (TPSA) is 97.5 Å². The third kappa shape index (κ3) is 3.47. The standard InChI is InChI=1S/C19H15N3O4S/c1-2-25-15-6-4-3-5-14(15)20-19-22-21-17(27-19)13-9-11-7-8-12(23)10-16(11)26-18(13)24/h3-10,23H,2H2,1H3,(H,20,22). The summed E-state index contributed by atoms with van der Waals surface area (Å²) in [6.07, 6.45) is 0. The van der Waals surface area contributed by atoms with Crippen molar-refractivity contribution in [2.45, 2.75) is 6.92 Å². The van der Waals surface area contributed by atoms with Crippen molar-refractivity contribution in [1.29, 1.82) is 0 Å². The fraction of sp³-hybridized carbons (Fsp3) is 0.105. The van der Waals surface area contributed by atoms with Gasteiger partial charge < -0.3 is 19.6 Å². The van der Waals surface area contributed by atoms with Crippen LogP contribution < -0.4 is 15.7 Å². The highest BCUT2D eigenvalue weighted by molar-refractivity contribution is 7.18. The molecule has 0 aliphatic rings. The van der Waals surface area contributed by atoms with Crippen molar-refractivity contribution in [1.82, 2.24) is 10.2 Å². The molecule has 4 rings (SSSR count). The first-order valence-corrected chi connectivity index (χ1v) is 9.05. The summed E-state index contributed by atoms with van der Waals surface area (Å²) in [6.45, 7) is 2.46. The molecule has 2 aromatic heterocycles. The SMILES string of the molecule is CCOc1ccccc1Nc1nnc(-c2cc3ccc(O)cc3oc2=O)s1. The lowest BCUT2D eigenvalue weighted by Gasteiger charge is -2.09. The number of aromatic hydroxyl groups is 1. The first kappa shape index (κ1) is 17.0. The first-order chi connectivity index (χ1) is 13.1. The molecule has 4 aromatic rings. The summed E-state index contributed by atoms with van der Waals surface area (Å²) >= 11 is 1.24. The van der Waals surface area contributed by atoms with Crippen molar-refractivity contribution in [2.24, 2.45) is 0 Å². The molecule has 2 heterocycles. The fourth-order valence-electron chi connectivity index (χ4n) is 2.60. The summed E-state index contributed by atoms with van der Waals surface area (Å²) in [5.41, 5.74) is 0.864. The van der Waals surface area contributed by atoms with E-state index in [1.54, 1.807) is 12.1 Å². The number of ether oxygens (including phenoxy) is 1. The van der Waals surface area contributed by atoms with E-state index in [0.717, 1.165) is 5.69 Å². The van der Waals surface area contributed by atoms with Crippen LogP contribution in [0.25, 0.3) is 21.5 Å². The van der Waals surface area contributed by atoms with Crippen LogP contribution in [-0.2, 0) is 0 Å². The lowest BCUT2D eigenvalue weighted by atomic mass is 10.2. The predicted molar refractivity (Wildman–Crippen MR) is 104 cm³/mol. The number of hydrogen-bond donors (Lipinski definition) is 2. The summed E-state index contributed by atoms with van der Waals surface area (Å²) in [4.78, 5) is 12.3. The number of hydrogen-bond acceptors (Lipinski definition) is 8. The lowest BCUT2D eigenvalue weighted by Crippen LogP contribution is -2.02. The zero-order valence-electron chi connectivity index (χ0n) is 14.3. The second-order valence-corrected chi connectivity index (χ2v) is 6.61. The van der Waals surface area contributed by atoms with Crippen LogP contribution in [0, 0.1) is 0 Å². The van der Waals surface area contributed by atoms with E-state index in [2.05, 4.69) is 15.5 Å². The van der Waals surface area contributed by atoms with E-state index in [4.69, 9.17) is 9.15 Å². The highest BCUT2D eigenvalue weighted by Gasteiger charge is 2.14. The Kier molecular flexibility index (Phi) is 4.47. The summed E-state index contributed by atoms with van der Waals surface area (Å²) in [5, 5.41) is 22.5. The van der Waals surface area contributed by atoms with Crippen LogP contribution in [0.2, 0.25) is 0 Å². The van der Waals surface area contributed by atoms with Crippen LogP contribution >= 0.6 is 11.3 Å². The largest absolute Gasteiger partial charge is 0.508 e. The minimum absolute atomic E-state index is 0.0359. The molecule has 0 bridgehead atoms. The maximum absolute atomic E-state index is 12.3. The molecule has 8 heteroatoms. The summed E-state index contributed by atoms with van der Waals surface area (Å²) in [7, 11) is 0. The number of benzene rings is 2. The normalized spacial score (nSPS) is 10.9. The Hall–Kier alpha value is -3.39. The Morgan fingerprint density at radius 3 is 2.89 bits per heavy atom. The molecular weight excluding hydrogens is 366 g/mol. The molecule has 27 heavy (non-hydrogen) atoms. The third-order valence-corrected chi connectivity index (χ3v) is 4.68. The van der Waals surface area contributed by atoms with Gasteiger partial charge in [0.1, 0.15) is 17.1 Å². The Morgan fingerprint density at radius 2 is 2.04 bits per heavy atom. The number of nitrogens with one attached hydrogen (secondary N) is 1. The molecule has 0 saturated carbocycles. The van der Waals surface area contributed by atoms with Gasteiger partial charge in [-0.3, -0.25) is 0 Å². The van der Waals surface area contributed by atoms with Crippen molar-refractivity contribution in [3.63, 3.8) is 0 Å². The third-order valence-electron chi connectivity index (χ3n) is 3.80. The van der Waals surface area contributed by atoms with Crippen LogP contribution in [-0.4, -0.2) is 21.9 Å². The Bertz CT molecular complexity index is 1170. The molecule has 0 aliphatic carbocycles. The van der Waals surface area contributed by atoms with Crippen molar-refractivity contribution in [2.75, 3.05) is 11.9 Å². The average Bonchev–Trinajstić information content (AvgIpc) is 3.11. The number of nitrogens with zero attached hydrogens (tertiary/aromatic N) is 2. The molecule has 0 radical (unpaired) electrons. The average molecular weight is 381 g/mol. The quantitative estimate of drug-likeness (QED) is 0.501. The van der Waals surface area contributed by atoms with Crippen molar-refractivity contribution >= 4 is 33.1 Å². The molecule has 0 amide bonds. The molecule has 0 atom stereocenters. The van der Waals surface area contributed by atoms with Gasteiger partial charge in [0, 0.05) is 11.5 Å². The molecule has 0 fully saturated rings. The number of rotatable bonds is 5. The lowest BCUT2D eigenvalue weighted by molar-refractivity contribution is 0.342. The van der Waals surface area contributed by atoms with Crippen LogP contribution in [0.1, 0.15) is 6.92 Å². The predicted octanol–water partition coefficient (Wildman–Crippen LogP) is 4.16. The van der Waals surface area contributed by atoms with Crippen LogP contribution in [0.3, 0.4) is 0 Å². The summed E-state index contributed by atoms with van der Waals surface area (Å²) < 4.78 is 10.9. The van der Waals surface area contributed by atoms with E-state index >= 15 is 0 Å². The van der Waals surface area contributed by atoms with E-state index in [0.29, 0.717) is 39.0 Å². The van der Waals surface area contributed by atoms with Gasteiger partial charge in [-0.05, 0) is 37.3 Å². The Labute approximate surface area is 157 Å². The van der Waals surface area contributed by atoms with Crippen LogP contribution in [0.15, 0.2) is 57.7 Å². The second kappa shape index (κ2) is 7.08. The maximum atomic E-state index is 12.3. The number of para-hydroxylation sites is 2. The highest BCUT2D eigenvalue weighted by atomic mass is 32.1. The molecule has 0 unspecified atom stereocenters. The zero-order valence-corrected chi connectivity index (χ0v) is 15.1.